The third-order valence-electron chi connectivity index (χ3n) is 9.84. The van der Waals surface area contributed by atoms with E-state index >= 15 is 0 Å². The summed E-state index contributed by atoms with van der Waals surface area (Å²) >= 11 is 0. The first-order valence-corrected chi connectivity index (χ1v) is 13.4. The monoisotopic (exact) mass is 453 g/mol. The second kappa shape index (κ2) is 6.41. The summed E-state index contributed by atoms with van der Waals surface area (Å²) in [5, 5.41) is 0. The smallest absolute Gasteiger partial charge is 0.244 e. The highest BCUT2D eigenvalue weighted by Gasteiger charge is 2.73. The Morgan fingerprint density at radius 2 is 1.62 bits per heavy atom. The van der Waals surface area contributed by atoms with Gasteiger partial charge >= 0.3 is 0 Å². The van der Waals surface area contributed by atoms with E-state index in [2.05, 4.69) is 13.8 Å². The molecule has 1 aromatic carbocycles. The van der Waals surface area contributed by atoms with Crippen molar-refractivity contribution >= 4 is 21.6 Å². The van der Waals surface area contributed by atoms with Gasteiger partial charge in [-0.25, -0.2) is 8.42 Å². The predicted octanol–water partition coefficient (Wildman–Crippen LogP) is 4.06. The van der Waals surface area contributed by atoms with Gasteiger partial charge < -0.3 is 0 Å². The fourth-order valence-electron chi connectivity index (χ4n) is 8.02. The molecule has 5 nitrogen and oxygen atoms in total. The topological polar surface area (TPSA) is 71.3 Å². The maximum absolute atomic E-state index is 13.8. The molecule has 5 aliphatic rings. The van der Waals surface area contributed by atoms with Crippen LogP contribution >= 0.6 is 0 Å². The molecular formula is C26H31NO4S. The van der Waals surface area contributed by atoms with E-state index in [1.54, 1.807) is 22.5 Å². The summed E-state index contributed by atoms with van der Waals surface area (Å²) in [4.78, 5) is 25.6. The fraction of sp³-hybridized carbons (Fsp3) is 0.615. The Morgan fingerprint density at radius 3 is 2.34 bits per heavy atom. The maximum atomic E-state index is 13.8. The van der Waals surface area contributed by atoms with Crippen LogP contribution in [0.2, 0.25) is 0 Å². The number of carbonyl (C=O) groups excluding carboxylic acids is 2. The van der Waals surface area contributed by atoms with Gasteiger partial charge in [-0.1, -0.05) is 31.5 Å². The van der Waals surface area contributed by atoms with Crippen LogP contribution in [0.1, 0.15) is 57.9 Å². The van der Waals surface area contributed by atoms with Crippen molar-refractivity contribution in [3.63, 3.8) is 0 Å². The van der Waals surface area contributed by atoms with E-state index in [4.69, 9.17) is 0 Å². The molecule has 1 saturated heterocycles. The van der Waals surface area contributed by atoms with Gasteiger partial charge in [0.2, 0.25) is 10.0 Å². The summed E-state index contributed by atoms with van der Waals surface area (Å²) in [6.07, 6.45) is 6.40. The normalized spacial score (nSPS) is 44.8. The first-order valence-electron chi connectivity index (χ1n) is 12.0. The van der Waals surface area contributed by atoms with Gasteiger partial charge in [0.25, 0.3) is 0 Å². The lowest BCUT2D eigenvalue weighted by molar-refractivity contribution is -0.132. The molecule has 6 heteroatoms. The number of hydrogen-bond acceptors (Lipinski definition) is 4. The summed E-state index contributed by atoms with van der Waals surface area (Å²) in [5.74, 6) is 1.21. The van der Waals surface area contributed by atoms with Crippen LogP contribution in [-0.4, -0.2) is 36.4 Å². The van der Waals surface area contributed by atoms with E-state index in [0.29, 0.717) is 29.4 Å². The van der Waals surface area contributed by atoms with Crippen molar-refractivity contribution in [2.75, 3.05) is 0 Å². The first-order chi connectivity index (χ1) is 15.1. The number of Topliss-reactive ketones (excluding diaryl/α,β-unsaturated/α-hetero) is 1. The average Bonchev–Trinajstić information content (AvgIpc) is 3.43. The average molecular weight is 454 g/mol. The van der Waals surface area contributed by atoms with Crippen LogP contribution in [0.15, 0.2) is 40.8 Å². The van der Waals surface area contributed by atoms with Crippen molar-refractivity contribution in [3.05, 3.63) is 41.5 Å². The van der Waals surface area contributed by atoms with Gasteiger partial charge in [-0.15, -0.1) is 0 Å². The molecular weight excluding hydrogens is 422 g/mol. The van der Waals surface area contributed by atoms with Crippen molar-refractivity contribution in [1.82, 2.24) is 4.31 Å². The van der Waals surface area contributed by atoms with Crippen molar-refractivity contribution in [3.8, 4) is 0 Å². The number of carbonyl (C=O) groups is 2. The molecule has 3 saturated carbocycles. The molecule has 0 aromatic heterocycles. The van der Waals surface area contributed by atoms with E-state index in [0.717, 1.165) is 36.8 Å². The predicted molar refractivity (Wildman–Crippen MR) is 120 cm³/mol. The van der Waals surface area contributed by atoms with Crippen LogP contribution in [-0.2, 0) is 19.6 Å². The van der Waals surface area contributed by atoms with Crippen molar-refractivity contribution in [1.29, 1.82) is 0 Å². The highest BCUT2D eigenvalue weighted by molar-refractivity contribution is 7.89. The van der Waals surface area contributed by atoms with E-state index in [9.17, 15) is 18.0 Å². The summed E-state index contributed by atoms with van der Waals surface area (Å²) in [5.41, 5.74) is 1.57. The molecule has 1 heterocycles. The molecule has 0 radical (unpaired) electrons. The zero-order valence-corrected chi connectivity index (χ0v) is 19.8. The molecule has 1 aromatic rings. The van der Waals surface area contributed by atoms with E-state index < -0.39 is 10.0 Å². The lowest BCUT2D eigenvalue weighted by atomic mass is 9.47. The molecule has 8 atom stereocenters. The summed E-state index contributed by atoms with van der Waals surface area (Å²) in [7, 11) is -3.68. The molecule has 170 valence electrons. The van der Waals surface area contributed by atoms with Crippen LogP contribution in [0.3, 0.4) is 0 Å². The number of fused-ring (bicyclic) bond motifs is 8. The van der Waals surface area contributed by atoms with Crippen molar-refractivity contribution < 1.29 is 18.0 Å². The molecule has 6 rings (SSSR count). The Morgan fingerprint density at radius 1 is 0.938 bits per heavy atom. The number of benzene rings is 1. The highest BCUT2D eigenvalue weighted by atomic mass is 32.2. The summed E-state index contributed by atoms with van der Waals surface area (Å²) in [6.45, 7) is 6.33. The fourth-order valence-corrected chi connectivity index (χ4v) is 9.80. The quantitative estimate of drug-likeness (QED) is 0.633. The largest absolute Gasteiger partial charge is 0.299 e. The van der Waals surface area contributed by atoms with Crippen LogP contribution in [0.5, 0.6) is 0 Å². The van der Waals surface area contributed by atoms with E-state index in [-0.39, 0.29) is 40.5 Å². The van der Waals surface area contributed by atoms with Gasteiger partial charge in [-0.3, -0.25) is 9.59 Å². The minimum atomic E-state index is -3.68. The molecule has 0 bridgehead atoms. The number of sulfonamides is 1. The lowest BCUT2D eigenvalue weighted by Gasteiger charge is -2.55. The van der Waals surface area contributed by atoms with E-state index in [1.165, 1.54) is 0 Å². The van der Waals surface area contributed by atoms with Gasteiger partial charge in [0.05, 0.1) is 10.9 Å². The molecule has 4 aliphatic carbocycles. The Balaban J connectivity index is 1.49. The Labute approximate surface area is 190 Å². The molecule has 32 heavy (non-hydrogen) atoms. The van der Waals surface area contributed by atoms with Gasteiger partial charge in [-0.2, -0.15) is 4.31 Å². The number of nitrogens with zero attached hydrogens (tertiary/aromatic N) is 1. The third kappa shape index (κ3) is 2.51. The second-order valence-electron chi connectivity index (χ2n) is 11.3. The minimum Gasteiger partial charge on any atom is -0.299 e. The third-order valence-corrected chi connectivity index (χ3v) is 11.7. The van der Waals surface area contributed by atoms with Crippen LogP contribution < -0.4 is 0 Å². The zero-order valence-electron chi connectivity index (χ0n) is 19.0. The molecule has 4 fully saturated rings. The Kier molecular flexibility index (Phi) is 4.17. The number of aryl methyl sites for hydroxylation is 1. The Hall–Kier alpha value is -1.79. The first kappa shape index (κ1) is 20.8. The van der Waals surface area contributed by atoms with Gasteiger partial charge in [0.15, 0.2) is 5.78 Å². The summed E-state index contributed by atoms with van der Waals surface area (Å²) in [6, 6.07) is 6.68. The van der Waals surface area contributed by atoms with Gasteiger partial charge in [0, 0.05) is 24.3 Å². The van der Waals surface area contributed by atoms with E-state index in [1.807, 2.05) is 19.1 Å². The number of rotatable bonds is 2. The van der Waals surface area contributed by atoms with Crippen LogP contribution in [0, 0.1) is 35.5 Å². The molecule has 1 aliphatic heterocycles. The van der Waals surface area contributed by atoms with Crippen molar-refractivity contribution in [2.24, 2.45) is 28.6 Å². The standard InChI is InChI=1S/C26H31NO4S/c1-15-4-6-17(7-5-15)32(30,31)27-23-20-14-16(28)10-12-25(20,2)19-11-13-26(3)18(8-9-21(26)29)22(19)24(23)27/h4-7,14,18-19,22-24H,8-13H2,1-3H3/t18-,19-,22-,23+,24-,25+,26-,27?/m0/s1. The Bertz CT molecular complexity index is 1170. The van der Waals surface area contributed by atoms with Gasteiger partial charge in [-0.05, 0) is 79.6 Å². The summed E-state index contributed by atoms with van der Waals surface area (Å²) < 4.78 is 29.3. The zero-order chi connectivity index (χ0) is 22.6. The van der Waals surface area contributed by atoms with Crippen LogP contribution in [0.25, 0.3) is 0 Å². The van der Waals surface area contributed by atoms with Crippen molar-refractivity contribution in [2.45, 2.75) is 76.3 Å². The molecule has 0 N–H and O–H groups in total. The molecule has 0 spiro atoms. The SMILES string of the molecule is Cc1ccc(S(=O)(=O)N2[C@H]3[C@@H]4[C@H](CC[C@]5(C)C(=O)CC[C@@H]45)[C@@]4(C)CCC(=O)C=C4[C@H]32)cc1. The number of ketones is 2. The molecule has 0 amide bonds. The van der Waals surface area contributed by atoms with Gasteiger partial charge in [0.1, 0.15) is 5.78 Å². The second-order valence-corrected chi connectivity index (χ2v) is 13.1. The molecule has 1 unspecified atom stereocenters. The van der Waals surface area contributed by atoms with Crippen LogP contribution in [0.4, 0.5) is 0 Å². The minimum absolute atomic E-state index is 0.117. The maximum Gasteiger partial charge on any atom is 0.244 e. The lowest BCUT2D eigenvalue weighted by Crippen LogP contribution is -2.53. The number of hydrogen-bond donors (Lipinski definition) is 0. The highest BCUT2D eigenvalue weighted by Crippen LogP contribution is 2.70.